The topological polar surface area (TPSA) is 41.1 Å². The van der Waals surface area contributed by atoms with Gasteiger partial charge < -0.3 is 5.32 Å². The number of halogens is 5. The number of anilines is 1. The highest BCUT2D eigenvalue weighted by Gasteiger charge is 2.34. The first-order valence-corrected chi connectivity index (χ1v) is 6.52. The molecule has 2 N–H and O–H groups in total. The van der Waals surface area contributed by atoms with Crippen molar-refractivity contribution in [3.63, 3.8) is 0 Å². The number of hydrogen-bond acceptors (Lipinski definition) is 3. The minimum atomic E-state index is -4.79. The highest BCUT2D eigenvalue weighted by Crippen LogP contribution is 2.33. The number of carbonyl (C=O) groups is 1. The van der Waals surface area contributed by atoms with Crippen LogP contribution in [-0.2, 0) is 11.0 Å². The Hall–Kier alpha value is -0.990. The number of rotatable bonds is 2. The highest BCUT2D eigenvalue weighted by molar-refractivity contribution is 7.99. The summed E-state index contributed by atoms with van der Waals surface area (Å²) >= 11 is 1.52. The van der Waals surface area contributed by atoms with E-state index in [9.17, 15) is 22.4 Å². The van der Waals surface area contributed by atoms with Gasteiger partial charge in [-0.25, -0.2) is 4.39 Å². The number of hydrogen-bond donors (Lipinski definition) is 2. The highest BCUT2D eigenvalue weighted by atomic mass is 35.5. The van der Waals surface area contributed by atoms with Crippen molar-refractivity contribution in [3.8, 4) is 0 Å². The second kappa shape index (κ2) is 6.64. The van der Waals surface area contributed by atoms with E-state index in [1.165, 1.54) is 11.8 Å². The zero-order valence-corrected chi connectivity index (χ0v) is 11.6. The standard InChI is InChI=1S/C11H10F4N2OS.ClH/c12-8-2-1-6(3-7(8)11(13,14)15)17-10(18)9-4-19-5-16-9;/h1-3,9,16H,4-5H2,(H,17,18);1H. The Bertz CT molecular complexity index is 492. The lowest BCUT2D eigenvalue weighted by molar-refractivity contribution is -0.140. The van der Waals surface area contributed by atoms with Crippen molar-refractivity contribution in [1.29, 1.82) is 0 Å². The number of thioether (sulfide) groups is 1. The molecule has 1 aromatic rings. The molecule has 1 aliphatic heterocycles. The van der Waals surface area contributed by atoms with Crippen LogP contribution in [0, 0.1) is 5.82 Å². The van der Waals surface area contributed by atoms with Crippen molar-refractivity contribution in [2.75, 3.05) is 16.9 Å². The first kappa shape index (κ1) is 17.1. The molecule has 0 aromatic heterocycles. The molecule has 0 radical (unpaired) electrons. The van der Waals surface area contributed by atoms with Gasteiger partial charge in [0, 0.05) is 17.3 Å². The van der Waals surface area contributed by atoms with Gasteiger partial charge in [-0.2, -0.15) is 13.2 Å². The Morgan fingerprint density at radius 2 is 2.10 bits per heavy atom. The summed E-state index contributed by atoms with van der Waals surface area (Å²) in [5.74, 6) is -0.612. The van der Waals surface area contributed by atoms with Gasteiger partial charge in [0.15, 0.2) is 0 Å². The van der Waals surface area contributed by atoms with Crippen LogP contribution in [0.5, 0.6) is 0 Å². The maximum absolute atomic E-state index is 13.1. The molecule has 1 aliphatic rings. The van der Waals surface area contributed by atoms with Crippen LogP contribution in [0.2, 0.25) is 0 Å². The minimum absolute atomic E-state index is 0. The molecular weight excluding hydrogens is 320 g/mol. The summed E-state index contributed by atoms with van der Waals surface area (Å²) in [6.07, 6.45) is -4.79. The van der Waals surface area contributed by atoms with Gasteiger partial charge in [-0.1, -0.05) is 0 Å². The molecule has 0 saturated carbocycles. The average molecular weight is 331 g/mol. The minimum Gasteiger partial charge on any atom is -0.325 e. The van der Waals surface area contributed by atoms with E-state index in [-0.39, 0.29) is 18.1 Å². The third-order valence-electron chi connectivity index (χ3n) is 2.57. The van der Waals surface area contributed by atoms with Crippen molar-refractivity contribution in [3.05, 3.63) is 29.6 Å². The molecule has 1 fully saturated rings. The number of alkyl halides is 3. The van der Waals surface area contributed by atoms with Crippen molar-refractivity contribution in [1.82, 2.24) is 5.32 Å². The summed E-state index contributed by atoms with van der Waals surface area (Å²) in [7, 11) is 0. The van der Waals surface area contributed by atoms with Crippen molar-refractivity contribution in [2.24, 2.45) is 0 Å². The molecule has 112 valence electrons. The van der Waals surface area contributed by atoms with Crippen molar-refractivity contribution in [2.45, 2.75) is 12.2 Å². The van der Waals surface area contributed by atoms with E-state index < -0.39 is 29.5 Å². The van der Waals surface area contributed by atoms with Crippen LogP contribution in [0.15, 0.2) is 18.2 Å². The number of nitrogens with one attached hydrogen (secondary N) is 2. The lowest BCUT2D eigenvalue weighted by Crippen LogP contribution is -2.37. The zero-order chi connectivity index (χ0) is 14.0. The third kappa shape index (κ3) is 4.00. The summed E-state index contributed by atoms with van der Waals surface area (Å²) in [6.45, 7) is 0. The molecule has 2 rings (SSSR count). The summed E-state index contributed by atoms with van der Waals surface area (Å²) in [4.78, 5) is 11.7. The van der Waals surface area contributed by atoms with E-state index >= 15 is 0 Å². The normalized spacial score (nSPS) is 18.5. The fourth-order valence-corrected chi connectivity index (χ4v) is 2.56. The van der Waals surface area contributed by atoms with Crippen LogP contribution in [0.25, 0.3) is 0 Å². The SMILES string of the molecule is Cl.O=C(Nc1ccc(F)c(C(F)(F)F)c1)C1CSCN1. The first-order chi connectivity index (χ1) is 8.88. The molecule has 1 amide bonds. The quantitative estimate of drug-likeness (QED) is 0.819. The maximum atomic E-state index is 13.1. The summed E-state index contributed by atoms with van der Waals surface area (Å²) in [5, 5.41) is 5.23. The second-order valence-electron chi connectivity index (χ2n) is 3.95. The smallest absolute Gasteiger partial charge is 0.325 e. The fourth-order valence-electron chi connectivity index (χ4n) is 1.61. The molecule has 1 heterocycles. The van der Waals surface area contributed by atoms with Gasteiger partial charge >= 0.3 is 6.18 Å². The van der Waals surface area contributed by atoms with E-state index in [1.807, 2.05) is 0 Å². The third-order valence-corrected chi connectivity index (χ3v) is 3.51. The molecule has 20 heavy (non-hydrogen) atoms. The van der Waals surface area contributed by atoms with Gasteiger partial charge in [0.2, 0.25) is 5.91 Å². The Morgan fingerprint density at radius 3 is 2.65 bits per heavy atom. The van der Waals surface area contributed by atoms with Gasteiger partial charge in [-0.05, 0) is 18.2 Å². The molecule has 1 aromatic carbocycles. The van der Waals surface area contributed by atoms with Crippen LogP contribution in [-0.4, -0.2) is 23.6 Å². The predicted octanol–water partition coefficient (Wildman–Crippen LogP) is 2.87. The lowest BCUT2D eigenvalue weighted by Gasteiger charge is -2.13. The lowest BCUT2D eigenvalue weighted by atomic mass is 10.1. The number of benzene rings is 1. The molecule has 1 unspecified atom stereocenters. The largest absolute Gasteiger partial charge is 0.419 e. The summed E-state index contributed by atoms with van der Waals surface area (Å²) < 4.78 is 50.6. The van der Waals surface area contributed by atoms with Crippen LogP contribution < -0.4 is 10.6 Å². The van der Waals surface area contributed by atoms with Crippen LogP contribution in [0.4, 0.5) is 23.2 Å². The van der Waals surface area contributed by atoms with Gasteiger partial charge in [0.25, 0.3) is 0 Å². The van der Waals surface area contributed by atoms with Gasteiger partial charge in [0.05, 0.1) is 11.6 Å². The molecular formula is C11H11ClF4N2OS. The van der Waals surface area contributed by atoms with Gasteiger partial charge in [-0.3, -0.25) is 10.1 Å². The fraction of sp³-hybridized carbons (Fsp3) is 0.364. The van der Waals surface area contributed by atoms with E-state index in [0.29, 0.717) is 23.8 Å². The van der Waals surface area contributed by atoms with Crippen molar-refractivity contribution >= 4 is 35.8 Å². The van der Waals surface area contributed by atoms with Crippen LogP contribution in [0.3, 0.4) is 0 Å². The Labute approximate surface area is 122 Å². The summed E-state index contributed by atoms with van der Waals surface area (Å²) in [5.41, 5.74) is -1.46. The Balaban J connectivity index is 0.00000200. The van der Waals surface area contributed by atoms with E-state index in [1.54, 1.807) is 0 Å². The predicted molar refractivity (Wildman–Crippen MR) is 71.5 cm³/mol. The molecule has 0 spiro atoms. The van der Waals surface area contributed by atoms with E-state index in [2.05, 4.69) is 10.6 Å². The van der Waals surface area contributed by atoms with Crippen LogP contribution >= 0.6 is 24.2 Å². The van der Waals surface area contributed by atoms with Gasteiger partial charge in [-0.15, -0.1) is 24.2 Å². The average Bonchev–Trinajstić information content (AvgIpc) is 2.83. The molecule has 0 bridgehead atoms. The van der Waals surface area contributed by atoms with Gasteiger partial charge in [0.1, 0.15) is 5.82 Å². The molecule has 9 heteroatoms. The Morgan fingerprint density at radius 1 is 1.40 bits per heavy atom. The molecule has 0 aliphatic carbocycles. The Kier molecular flexibility index (Phi) is 5.67. The van der Waals surface area contributed by atoms with Crippen LogP contribution in [0.1, 0.15) is 5.56 Å². The summed E-state index contributed by atoms with van der Waals surface area (Å²) in [6, 6.07) is 1.94. The number of amides is 1. The zero-order valence-electron chi connectivity index (χ0n) is 9.96. The van der Waals surface area contributed by atoms with Crippen molar-refractivity contribution < 1.29 is 22.4 Å². The maximum Gasteiger partial charge on any atom is 0.419 e. The van der Waals surface area contributed by atoms with E-state index in [0.717, 1.165) is 6.07 Å². The second-order valence-corrected chi connectivity index (χ2v) is 4.98. The molecule has 3 nitrogen and oxygen atoms in total. The first-order valence-electron chi connectivity index (χ1n) is 5.36. The molecule has 1 saturated heterocycles. The van der Waals surface area contributed by atoms with E-state index in [4.69, 9.17) is 0 Å². The molecule has 1 atom stereocenters. The monoisotopic (exact) mass is 330 g/mol. The number of carbonyl (C=O) groups excluding carboxylic acids is 1.